The molecule has 3 rings (SSSR count). The summed E-state index contributed by atoms with van der Waals surface area (Å²) < 4.78 is 1.82. The van der Waals surface area contributed by atoms with Crippen LogP contribution in [0.5, 0.6) is 0 Å². The van der Waals surface area contributed by atoms with E-state index in [0.717, 1.165) is 24.3 Å². The van der Waals surface area contributed by atoms with Gasteiger partial charge in [0.1, 0.15) is 0 Å². The predicted molar refractivity (Wildman–Crippen MR) is 95.3 cm³/mol. The van der Waals surface area contributed by atoms with E-state index in [-0.39, 0.29) is 18.1 Å². The Hall–Kier alpha value is -1.86. The summed E-state index contributed by atoms with van der Waals surface area (Å²) in [7, 11) is 0. The Bertz CT molecular complexity index is 668. The topological polar surface area (TPSA) is 70.4 Å². The van der Waals surface area contributed by atoms with E-state index in [2.05, 4.69) is 10.4 Å². The van der Waals surface area contributed by atoms with Crippen LogP contribution in [0, 0.1) is 0 Å². The van der Waals surface area contributed by atoms with Gasteiger partial charge in [0.15, 0.2) is 5.82 Å². The minimum atomic E-state index is -0.511. The standard InChI is InChI=1S/C17H24N4O2S/c1-12(2)21-9-7-16(19-21)18-17(23)20-8-3-5-13(20)11-14(22)15-6-4-10-24-15/h4,6-7,9-10,12-14,22H,3,5,8,11H2,1-2H3,(H,18,19,23)/t13-,14+/m0/s1. The molecule has 0 aromatic carbocycles. The lowest BCUT2D eigenvalue weighted by atomic mass is 10.1. The number of carbonyl (C=O) groups is 1. The SMILES string of the molecule is CC(C)n1ccc(NC(=O)N2CCC[C@H]2C[C@@H](O)c2cccs2)n1. The monoisotopic (exact) mass is 348 g/mol. The molecule has 2 N–H and O–H groups in total. The van der Waals surface area contributed by atoms with Crippen molar-refractivity contribution in [3.8, 4) is 0 Å². The Morgan fingerprint density at radius 2 is 2.33 bits per heavy atom. The number of hydrogen-bond donors (Lipinski definition) is 2. The molecule has 0 spiro atoms. The van der Waals surface area contributed by atoms with E-state index in [1.165, 1.54) is 0 Å². The fourth-order valence-corrected chi connectivity index (χ4v) is 3.80. The number of anilines is 1. The van der Waals surface area contributed by atoms with Gasteiger partial charge in [0.25, 0.3) is 0 Å². The van der Waals surface area contributed by atoms with Gasteiger partial charge >= 0.3 is 6.03 Å². The quantitative estimate of drug-likeness (QED) is 0.866. The highest BCUT2D eigenvalue weighted by Crippen LogP contribution is 2.29. The number of carbonyl (C=O) groups excluding carboxylic acids is 1. The number of hydrogen-bond acceptors (Lipinski definition) is 4. The molecule has 0 aliphatic carbocycles. The molecule has 6 nitrogen and oxygen atoms in total. The molecule has 24 heavy (non-hydrogen) atoms. The normalized spacial score (nSPS) is 19.0. The van der Waals surface area contributed by atoms with Gasteiger partial charge in [0.05, 0.1) is 6.10 Å². The van der Waals surface area contributed by atoms with E-state index < -0.39 is 6.10 Å². The van der Waals surface area contributed by atoms with Crippen molar-refractivity contribution in [2.24, 2.45) is 0 Å². The summed E-state index contributed by atoms with van der Waals surface area (Å²) in [5.41, 5.74) is 0. The molecule has 2 atom stereocenters. The number of aromatic nitrogens is 2. The van der Waals surface area contributed by atoms with Gasteiger partial charge in [-0.2, -0.15) is 5.10 Å². The first-order chi connectivity index (χ1) is 11.5. The van der Waals surface area contributed by atoms with E-state index in [1.54, 1.807) is 11.3 Å². The van der Waals surface area contributed by atoms with Gasteiger partial charge in [0.2, 0.25) is 0 Å². The van der Waals surface area contributed by atoms with Crippen molar-refractivity contribution in [1.29, 1.82) is 0 Å². The second-order valence-electron chi connectivity index (χ2n) is 6.46. The molecule has 0 radical (unpaired) electrons. The van der Waals surface area contributed by atoms with Crippen molar-refractivity contribution in [2.75, 3.05) is 11.9 Å². The van der Waals surface area contributed by atoms with Crippen LogP contribution in [-0.2, 0) is 0 Å². The first-order valence-corrected chi connectivity index (χ1v) is 9.27. The second kappa shape index (κ2) is 7.36. The number of nitrogens with one attached hydrogen (secondary N) is 1. The molecule has 130 valence electrons. The fraction of sp³-hybridized carbons (Fsp3) is 0.529. The molecule has 7 heteroatoms. The average molecular weight is 348 g/mol. The zero-order valence-corrected chi connectivity index (χ0v) is 14.9. The van der Waals surface area contributed by atoms with Gasteiger partial charge in [-0.25, -0.2) is 4.79 Å². The zero-order valence-electron chi connectivity index (χ0n) is 14.1. The molecule has 0 unspecified atom stereocenters. The molecule has 1 fully saturated rings. The third-order valence-corrected chi connectivity index (χ3v) is 5.35. The number of amides is 2. The van der Waals surface area contributed by atoms with E-state index in [0.29, 0.717) is 12.2 Å². The summed E-state index contributed by atoms with van der Waals surface area (Å²) in [5.74, 6) is 0.568. The van der Waals surface area contributed by atoms with Gasteiger partial charge in [-0.1, -0.05) is 6.07 Å². The molecule has 2 amide bonds. The third kappa shape index (κ3) is 3.79. The Kier molecular flexibility index (Phi) is 5.20. The van der Waals surface area contributed by atoms with Crippen LogP contribution in [0.4, 0.5) is 10.6 Å². The van der Waals surface area contributed by atoms with Gasteiger partial charge in [-0.15, -0.1) is 11.3 Å². The summed E-state index contributed by atoms with van der Waals surface area (Å²) in [6, 6.07) is 5.87. The van der Waals surface area contributed by atoms with Gasteiger partial charge in [-0.05, 0) is 44.6 Å². The highest BCUT2D eigenvalue weighted by atomic mass is 32.1. The Morgan fingerprint density at radius 1 is 1.50 bits per heavy atom. The number of urea groups is 1. The van der Waals surface area contributed by atoms with Gasteiger partial charge in [0, 0.05) is 35.8 Å². The van der Waals surface area contributed by atoms with E-state index in [1.807, 2.05) is 53.2 Å². The van der Waals surface area contributed by atoms with Gasteiger partial charge in [-0.3, -0.25) is 10.00 Å². The summed E-state index contributed by atoms with van der Waals surface area (Å²) in [5, 5.41) is 19.6. The number of rotatable bonds is 5. The lowest BCUT2D eigenvalue weighted by Crippen LogP contribution is -2.39. The summed E-state index contributed by atoms with van der Waals surface area (Å²) >= 11 is 1.55. The van der Waals surface area contributed by atoms with Crippen molar-refractivity contribution >= 4 is 23.2 Å². The fourth-order valence-electron chi connectivity index (χ4n) is 3.08. The number of thiophene rings is 1. The first kappa shape index (κ1) is 17.0. The molecule has 1 saturated heterocycles. The van der Waals surface area contributed by atoms with Crippen LogP contribution in [0.25, 0.3) is 0 Å². The Labute approximate surface area is 146 Å². The van der Waals surface area contributed by atoms with Gasteiger partial charge < -0.3 is 10.0 Å². The lowest BCUT2D eigenvalue weighted by molar-refractivity contribution is 0.132. The molecular formula is C17H24N4O2S. The number of likely N-dealkylation sites (tertiary alicyclic amines) is 1. The maximum Gasteiger partial charge on any atom is 0.323 e. The summed E-state index contributed by atoms with van der Waals surface area (Å²) in [6.45, 7) is 4.81. The van der Waals surface area contributed by atoms with Crippen LogP contribution in [0.2, 0.25) is 0 Å². The van der Waals surface area contributed by atoms with Crippen LogP contribution >= 0.6 is 11.3 Å². The molecule has 0 saturated carbocycles. The number of aliphatic hydroxyl groups excluding tert-OH is 1. The van der Waals surface area contributed by atoms with E-state index >= 15 is 0 Å². The van der Waals surface area contributed by atoms with Crippen molar-refractivity contribution in [1.82, 2.24) is 14.7 Å². The minimum Gasteiger partial charge on any atom is -0.387 e. The second-order valence-corrected chi connectivity index (χ2v) is 7.44. The molecule has 1 aliphatic heterocycles. The van der Waals surface area contributed by atoms with Crippen molar-refractivity contribution in [3.05, 3.63) is 34.7 Å². The smallest absolute Gasteiger partial charge is 0.323 e. The minimum absolute atomic E-state index is 0.0642. The van der Waals surface area contributed by atoms with Crippen LogP contribution in [0.15, 0.2) is 29.8 Å². The lowest BCUT2D eigenvalue weighted by Gasteiger charge is -2.26. The van der Waals surface area contributed by atoms with Crippen LogP contribution in [0.1, 0.15) is 50.1 Å². The van der Waals surface area contributed by atoms with Crippen molar-refractivity contribution in [2.45, 2.75) is 51.3 Å². The summed E-state index contributed by atoms with van der Waals surface area (Å²) in [6.07, 6.45) is 3.83. The highest BCUT2D eigenvalue weighted by molar-refractivity contribution is 7.10. The molecule has 0 bridgehead atoms. The van der Waals surface area contributed by atoms with Crippen LogP contribution in [0.3, 0.4) is 0 Å². The largest absolute Gasteiger partial charge is 0.387 e. The predicted octanol–water partition coefficient (Wildman–Crippen LogP) is 3.65. The van der Waals surface area contributed by atoms with Crippen LogP contribution < -0.4 is 5.32 Å². The number of aliphatic hydroxyl groups is 1. The molecule has 2 aromatic rings. The van der Waals surface area contributed by atoms with E-state index in [9.17, 15) is 9.90 Å². The average Bonchev–Trinajstić information content (AvgIpc) is 3.28. The molecule has 1 aliphatic rings. The summed E-state index contributed by atoms with van der Waals surface area (Å²) in [4.78, 5) is 15.3. The zero-order chi connectivity index (χ0) is 17.1. The van der Waals surface area contributed by atoms with Crippen molar-refractivity contribution < 1.29 is 9.90 Å². The first-order valence-electron chi connectivity index (χ1n) is 8.39. The van der Waals surface area contributed by atoms with E-state index in [4.69, 9.17) is 0 Å². The molecular weight excluding hydrogens is 324 g/mol. The van der Waals surface area contributed by atoms with Crippen molar-refractivity contribution in [3.63, 3.8) is 0 Å². The molecule has 2 aromatic heterocycles. The maximum absolute atomic E-state index is 12.6. The number of nitrogens with zero attached hydrogens (tertiary/aromatic N) is 3. The Balaban J connectivity index is 1.60. The Morgan fingerprint density at radius 3 is 3.00 bits per heavy atom. The van der Waals surface area contributed by atoms with Crippen LogP contribution in [-0.4, -0.2) is 38.4 Å². The third-order valence-electron chi connectivity index (χ3n) is 4.38. The molecule has 3 heterocycles. The maximum atomic E-state index is 12.6. The highest BCUT2D eigenvalue weighted by Gasteiger charge is 2.31.